The summed E-state index contributed by atoms with van der Waals surface area (Å²) in [5.41, 5.74) is -1.23. The molecule has 0 aliphatic carbocycles. The van der Waals surface area contributed by atoms with Crippen molar-refractivity contribution >= 4 is 23.2 Å². The Morgan fingerprint density at radius 1 is 0.966 bits per heavy atom. The predicted molar refractivity (Wildman–Crippen MR) is 97.2 cm³/mol. The van der Waals surface area contributed by atoms with E-state index in [9.17, 15) is 31.5 Å². The third-order valence-corrected chi connectivity index (χ3v) is 3.84. The zero-order valence-electron chi connectivity index (χ0n) is 15.3. The molecule has 0 saturated heterocycles. The number of hydrogen-bond acceptors (Lipinski definition) is 3. The molecule has 0 aromatic heterocycles. The molecule has 0 unspecified atom stereocenters. The Kier molecular flexibility index (Phi) is 7.27. The van der Waals surface area contributed by atoms with Crippen LogP contribution in [0.5, 0.6) is 0 Å². The molecule has 0 aliphatic rings. The number of para-hydroxylation sites is 1. The van der Waals surface area contributed by atoms with Crippen LogP contribution in [0.2, 0.25) is 0 Å². The number of anilines is 2. The summed E-state index contributed by atoms with van der Waals surface area (Å²) >= 11 is 0. The lowest BCUT2D eigenvalue weighted by molar-refractivity contribution is -0.137. The van der Waals surface area contributed by atoms with Gasteiger partial charge in [-0.05, 0) is 31.3 Å². The first-order chi connectivity index (χ1) is 13.6. The second-order valence-electron chi connectivity index (χ2n) is 6.26. The van der Waals surface area contributed by atoms with E-state index in [0.29, 0.717) is 0 Å². The summed E-state index contributed by atoms with van der Waals surface area (Å²) in [7, 11) is 1.51. The van der Waals surface area contributed by atoms with Crippen molar-refractivity contribution in [3.63, 3.8) is 0 Å². The zero-order chi connectivity index (χ0) is 21.6. The van der Waals surface area contributed by atoms with Crippen molar-refractivity contribution in [2.45, 2.75) is 12.6 Å². The fourth-order valence-corrected chi connectivity index (χ4v) is 2.44. The molecule has 0 aliphatic heterocycles. The minimum Gasteiger partial charge on any atom is -0.326 e. The normalized spacial score (nSPS) is 11.4. The number of halogens is 5. The minimum absolute atomic E-state index is 0.0675. The molecule has 2 N–H and O–H groups in total. The molecule has 29 heavy (non-hydrogen) atoms. The second-order valence-corrected chi connectivity index (χ2v) is 6.26. The van der Waals surface area contributed by atoms with Crippen molar-refractivity contribution in [1.29, 1.82) is 0 Å². The van der Waals surface area contributed by atoms with Crippen LogP contribution >= 0.6 is 0 Å². The maximum Gasteiger partial charge on any atom is 0.418 e. The van der Waals surface area contributed by atoms with Crippen LogP contribution in [0, 0.1) is 11.6 Å². The van der Waals surface area contributed by atoms with E-state index in [-0.39, 0.29) is 30.9 Å². The van der Waals surface area contributed by atoms with E-state index in [1.807, 2.05) is 0 Å². The van der Waals surface area contributed by atoms with Gasteiger partial charge in [-0.25, -0.2) is 8.78 Å². The van der Waals surface area contributed by atoms with Crippen LogP contribution in [-0.2, 0) is 15.8 Å². The van der Waals surface area contributed by atoms with Crippen LogP contribution < -0.4 is 10.6 Å². The van der Waals surface area contributed by atoms with Crippen LogP contribution in [0.4, 0.5) is 33.3 Å². The van der Waals surface area contributed by atoms with Crippen LogP contribution in [0.15, 0.2) is 42.5 Å². The van der Waals surface area contributed by atoms with Crippen molar-refractivity contribution in [3.05, 3.63) is 59.7 Å². The number of benzene rings is 2. The van der Waals surface area contributed by atoms with Gasteiger partial charge in [0.2, 0.25) is 11.8 Å². The molecule has 0 bridgehead atoms. The molecule has 0 radical (unpaired) electrons. The van der Waals surface area contributed by atoms with Gasteiger partial charge in [0.15, 0.2) is 11.6 Å². The highest BCUT2D eigenvalue weighted by Gasteiger charge is 2.33. The number of nitrogens with zero attached hydrogens (tertiary/aromatic N) is 1. The van der Waals surface area contributed by atoms with Crippen molar-refractivity contribution in [2.24, 2.45) is 0 Å². The van der Waals surface area contributed by atoms with E-state index < -0.39 is 35.2 Å². The molecule has 0 spiro atoms. The molecular weight excluding hydrogens is 397 g/mol. The Hall–Kier alpha value is -3.01. The van der Waals surface area contributed by atoms with Gasteiger partial charge in [0.1, 0.15) is 0 Å². The van der Waals surface area contributed by atoms with Crippen LogP contribution in [0.1, 0.15) is 12.0 Å². The molecule has 2 rings (SSSR count). The summed E-state index contributed by atoms with van der Waals surface area (Å²) < 4.78 is 64.8. The van der Waals surface area contributed by atoms with E-state index in [1.54, 1.807) is 0 Å². The van der Waals surface area contributed by atoms with E-state index in [0.717, 1.165) is 24.3 Å². The van der Waals surface area contributed by atoms with Crippen LogP contribution in [0.3, 0.4) is 0 Å². The summed E-state index contributed by atoms with van der Waals surface area (Å²) in [6, 6.07) is 7.51. The highest BCUT2D eigenvalue weighted by molar-refractivity contribution is 5.93. The highest BCUT2D eigenvalue weighted by Crippen LogP contribution is 2.34. The first-order valence-corrected chi connectivity index (χ1v) is 8.46. The average molecular weight is 415 g/mol. The lowest BCUT2D eigenvalue weighted by atomic mass is 10.1. The summed E-state index contributed by atoms with van der Waals surface area (Å²) in [6.07, 6.45) is -4.67. The summed E-state index contributed by atoms with van der Waals surface area (Å²) in [6.45, 7) is -0.130. The first-order valence-electron chi connectivity index (χ1n) is 8.46. The van der Waals surface area contributed by atoms with E-state index in [4.69, 9.17) is 0 Å². The molecule has 2 amide bonds. The molecule has 2 aromatic rings. The number of carbonyl (C=O) groups is 2. The number of amides is 2. The molecule has 0 saturated carbocycles. The number of hydrogen-bond donors (Lipinski definition) is 2. The molecule has 2 aromatic carbocycles. The van der Waals surface area contributed by atoms with Crippen molar-refractivity contribution in [2.75, 3.05) is 30.8 Å². The Labute approximate surface area is 163 Å². The average Bonchev–Trinajstić information content (AvgIpc) is 2.62. The molecule has 0 heterocycles. The Morgan fingerprint density at radius 2 is 1.66 bits per heavy atom. The fourth-order valence-electron chi connectivity index (χ4n) is 2.44. The molecule has 5 nitrogen and oxygen atoms in total. The Bertz CT molecular complexity index is 886. The van der Waals surface area contributed by atoms with Gasteiger partial charge < -0.3 is 10.6 Å². The van der Waals surface area contributed by atoms with Crippen molar-refractivity contribution in [3.8, 4) is 0 Å². The van der Waals surface area contributed by atoms with E-state index in [1.165, 1.54) is 30.1 Å². The van der Waals surface area contributed by atoms with Crippen molar-refractivity contribution in [1.82, 2.24) is 4.90 Å². The summed E-state index contributed by atoms with van der Waals surface area (Å²) in [4.78, 5) is 25.3. The standard InChI is InChI=1S/C19H18F5N3O2/c1-27(9-8-17(28)25-12-6-7-14(20)15(21)10-12)11-18(29)26-16-5-3-2-4-13(16)19(22,23)24/h2-7,10H,8-9,11H2,1H3,(H,25,28)(H,26,29). The van der Waals surface area contributed by atoms with Crippen LogP contribution in [0.25, 0.3) is 0 Å². The van der Waals surface area contributed by atoms with Gasteiger partial charge in [-0.1, -0.05) is 12.1 Å². The largest absolute Gasteiger partial charge is 0.418 e. The van der Waals surface area contributed by atoms with Gasteiger partial charge in [-0.3, -0.25) is 14.5 Å². The second kappa shape index (κ2) is 9.46. The predicted octanol–water partition coefficient (Wildman–Crippen LogP) is 3.88. The van der Waals surface area contributed by atoms with Gasteiger partial charge in [-0.2, -0.15) is 13.2 Å². The fraction of sp³-hybridized carbons (Fsp3) is 0.263. The number of likely N-dealkylation sites (N-methyl/N-ethyl adjacent to an activating group) is 1. The van der Waals surface area contributed by atoms with E-state index >= 15 is 0 Å². The van der Waals surface area contributed by atoms with Gasteiger partial charge in [-0.15, -0.1) is 0 Å². The van der Waals surface area contributed by atoms with Gasteiger partial charge in [0, 0.05) is 24.7 Å². The Balaban J connectivity index is 1.83. The molecular formula is C19H18F5N3O2. The van der Waals surface area contributed by atoms with Gasteiger partial charge in [0.25, 0.3) is 0 Å². The number of nitrogens with one attached hydrogen (secondary N) is 2. The Morgan fingerprint density at radius 3 is 2.31 bits per heavy atom. The highest BCUT2D eigenvalue weighted by atomic mass is 19.4. The topological polar surface area (TPSA) is 61.4 Å². The first kappa shape index (κ1) is 22.3. The summed E-state index contributed by atoms with van der Waals surface area (Å²) in [5, 5.41) is 4.59. The molecule has 0 atom stereocenters. The maximum absolute atomic E-state index is 13.1. The SMILES string of the molecule is CN(CCC(=O)Nc1ccc(F)c(F)c1)CC(=O)Nc1ccccc1C(F)(F)F. The maximum atomic E-state index is 13.1. The molecule has 10 heteroatoms. The number of rotatable bonds is 7. The lowest BCUT2D eigenvalue weighted by Crippen LogP contribution is -2.33. The quantitative estimate of drug-likeness (QED) is 0.675. The van der Waals surface area contributed by atoms with Gasteiger partial charge >= 0.3 is 6.18 Å². The number of carbonyl (C=O) groups excluding carboxylic acids is 2. The molecule has 0 fully saturated rings. The minimum atomic E-state index is -4.60. The summed E-state index contributed by atoms with van der Waals surface area (Å²) in [5.74, 6) is -3.31. The third-order valence-electron chi connectivity index (χ3n) is 3.84. The van der Waals surface area contributed by atoms with E-state index in [2.05, 4.69) is 10.6 Å². The molecule has 156 valence electrons. The van der Waals surface area contributed by atoms with Gasteiger partial charge in [0.05, 0.1) is 17.8 Å². The lowest BCUT2D eigenvalue weighted by Gasteiger charge is -2.18. The number of alkyl halides is 3. The van der Waals surface area contributed by atoms with Crippen LogP contribution in [-0.4, -0.2) is 36.9 Å². The zero-order valence-corrected chi connectivity index (χ0v) is 15.3. The smallest absolute Gasteiger partial charge is 0.326 e. The third kappa shape index (κ3) is 6.83. The monoisotopic (exact) mass is 415 g/mol. The van der Waals surface area contributed by atoms with Crippen molar-refractivity contribution < 1.29 is 31.5 Å².